The lowest BCUT2D eigenvalue weighted by molar-refractivity contribution is 0.322. The van der Waals surface area contributed by atoms with Gasteiger partial charge < -0.3 is 5.11 Å². The van der Waals surface area contributed by atoms with Crippen LogP contribution in [0.3, 0.4) is 0 Å². The van der Waals surface area contributed by atoms with Gasteiger partial charge in [0, 0.05) is 12.0 Å². The minimum atomic E-state index is -1.30. The average molecular weight is 166 g/mol. The summed E-state index contributed by atoms with van der Waals surface area (Å²) >= 11 is 0. The van der Waals surface area contributed by atoms with Crippen LogP contribution in [-0.2, 0) is 0 Å². The number of aliphatic imine (C=N–C) groups is 1. The van der Waals surface area contributed by atoms with E-state index in [1.54, 1.807) is 11.7 Å². The summed E-state index contributed by atoms with van der Waals surface area (Å²) in [7, 11) is 4.65. The third kappa shape index (κ3) is 1.71. The number of halogens is 1. The Balaban J connectivity index is 2.53. The predicted octanol–water partition coefficient (Wildman–Crippen LogP) is 1.45. The van der Waals surface area contributed by atoms with Gasteiger partial charge in [-0.2, -0.15) is 0 Å². The van der Waals surface area contributed by atoms with E-state index in [0.717, 1.165) is 0 Å². The Morgan fingerprint density at radius 1 is 1.67 bits per heavy atom. The molecule has 0 saturated carbocycles. The summed E-state index contributed by atoms with van der Waals surface area (Å²) < 4.78 is 0. The van der Waals surface area contributed by atoms with Gasteiger partial charge in [-0.25, -0.2) is 0 Å². The molecule has 1 rings (SSSR count). The summed E-state index contributed by atoms with van der Waals surface area (Å²) in [5.41, 5.74) is 1.71. The molecule has 0 amide bonds. The van der Waals surface area contributed by atoms with Gasteiger partial charge in [-0.15, -0.1) is 9.24 Å². The first-order valence-electron chi connectivity index (χ1n) is 2.58. The van der Waals surface area contributed by atoms with Crippen LogP contribution in [0.25, 0.3) is 0 Å². The van der Waals surface area contributed by atoms with Crippen molar-refractivity contribution in [1.82, 2.24) is 0 Å². The van der Waals surface area contributed by atoms with Crippen LogP contribution in [0.5, 0.6) is 0 Å². The minimum absolute atomic E-state index is 0.134. The van der Waals surface area contributed by atoms with Crippen LogP contribution in [-0.4, -0.2) is 23.0 Å². The second-order valence-electron chi connectivity index (χ2n) is 1.72. The van der Waals surface area contributed by atoms with Gasteiger partial charge in [0.2, 0.25) is 0 Å². The van der Waals surface area contributed by atoms with Crippen LogP contribution in [0, 0.1) is 0 Å². The Labute approximate surface area is 60.1 Å². The van der Waals surface area contributed by atoms with Gasteiger partial charge in [0.1, 0.15) is 0 Å². The molecule has 0 aromatic heterocycles. The maximum atomic E-state index is 8.53. The molecule has 0 aromatic carbocycles. The van der Waals surface area contributed by atoms with Gasteiger partial charge in [-0.05, 0) is 5.41 Å². The molecule has 1 atom stereocenters. The monoisotopic (exact) mass is 165 g/mol. The number of hydrogen-bond donors (Lipinski definition) is 1. The van der Waals surface area contributed by atoms with Crippen molar-refractivity contribution in [3.63, 3.8) is 0 Å². The number of aliphatic hydroxyl groups is 1. The third-order valence-corrected chi connectivity index (χ3v) is 3.88. The molecule has 0 radical (unpaired) electrons. The highest BCUT2D eigenvalue weighted by Gasteiger charge is 2.16. The highest BCUT2D eigenvalue weighted by molar-refractivity contribution is 8.62. The lowest BCUT2D eigenvalue weighted by atomic mass is 10.9. The molecular formula is C5H8ClNOS. The summed E-state index contributed by atoms with van der Waals surface area (Å²) in [4.78, 5) is 3.84. The van der Waals surface area contributed by atoms with Crippen LogP contribution in [0.1, 0.15) is 0 Å². The summed E-state index contributed by atoms with van der Waals surface area (Å²) in [6.07, 6.45) is 1.68. The van der Waals surface area contributed by atoms with Gasteiger partial charge in [0.15, 0.2) is 0 Å². The Kier molecular flexibility index (Phi) is 2.16. The molecule has 4 heteroatoms. The lowest BCUT2D eigenvalue weighted by Gasteiger charge is -2.18. The Bertz CT molecular complexity index is 145. The number of nitrogens with zero attached hydrogens (tertiary/aromatic N) is 1. The Morgan fingerprint density at radius 3 is 2.89 bits per heavy atom. The fourth-order valence-electron chi connectivity index (χ4n) is 0.568. The molecule has 1 N–H and O–H groups in total. The zero-order valence-electron chi connectivity index (χ0n) is 4.83. The summed E-state index contributed by atoms with van der Waals surface area (Å²) in [6.45, 7) is 0.134. The van der Waals surface area contributed by atoms with Gasteiger partial charge >= 0.3 is 0 Å². The maximum Gasteiger partial charge on any atom is 0.0593 e. The van der Waals surface area contributed by atoms with Crippen molar-refractivity contribution in [3.05, 3.63) is 11.6 Å². The van der Waals surface area contributed by atoms with E-state index in [1.165, 1.54) is 0 Å². The fourth-order valence-corrected chi connectivity index (χ4v) is 2.19. The first kappa shape index (κ1) is 7.12. The predicted molar refractivity (Wildman–Crippen MR) is 43.0 cm³/mol. The van der Waals surface area contributed by atoms with Gasteiger partial charge in [-0.3, -0.25) is 4.99 Å². The van der Waals surface area contributed by atoms with Gasteiger partial charge in [0.25, 0.3) is 0 Å². The second kappa shape index (κ2) is 2.73. The smallest absolute Gasteiger partial charge is 0.0593 e. The van der Waals surface area contributed by atoms with E-state index >= 15 is 0 Å². The van der Waals surface area contributed by atoms with Crippen molar-refractivity contribution in [1.29, 1.82) is 0 Å². The highest BCUT2D eigenvalue weighted by Crippen LogP contribution is 2.53. The number of aliphatic hydroxyl groups excluding tert-OH is 1. The molecular weight excluding hydrogens is 158 g/mol. The molecule has 1 aliphatic rings. The highest BCUT2D eigenvalue weighted by atomic mass is 35.7. The van der Waals surface area contributed by atoms with Crippen molar-refractivity contribution >= 4 is 25.5 Å². The van der Waals surface area contributed by atoms with E-state index in [1.807, 2.05) is 5.41 Å². The van der Waals surface area contributed by atoms with Crippen LogP contribution < -0.4 is 0 Å². The second-order valence-corrected chi connectivity index (χ2v) is 5.85. The maximum absolute atomic E-state index is 8.53. The summed E-state index contributed by atoms with van der Waals surface area (Å²) in [5, 5.41) is 10.4. The van der Waals surface area contributed by atoms with E-state index in [2.05, 4.69) is 4.99 Å². The largest absolute Gasteiger partial charge is 0.396 e. The summed E-state index contributed by atoms with van der Waals surface area (Å²) in [6, 6.07) is 0. The molecule has 0 aliphatic carbocycles. The Hall–Kier alpha value is 0.01000. The molecule has 0 bridgehead atoms. The summed E-state index contributed by atoms with van der Waals surface area (Å²) in [5.74, 6) is 0.620. The van der Waals surface area contributed by atoms with Crippen LogP contribution in [0.4, 0.5) is 0 Å². The number of rotatable bonds is 2. The molecule has 2 nitrogen and oxygen atoms in total. The van der Waals surface area contributed by atoms with Crippen molar-refractivity contribution in [2.45, 2.75) is 0 Å². The van der Waals surface area contributed by atoms with Crippen molar-refractivity contribution in [3.8, 4) is 0 Å². The SMILES string of the molecule is OCCS1(Cl)C=CN=C1. The van der Waals surface area contributed by atoms with Crippen molar-refractivity contribution in [2.75, 3.05) is 12.4 Å². The third-order valence-electron chi connectivity index (χ3n) is 1.01. The molecule has 0 fully saturated rings. The number of hydrogen-bond acceptors (Lipinski definition) is 2. The normalized spacial score (nSPS) is 38.9. The van der Waals surface area contributed by atoms with Crippen LogP contribution in [0.15, 0.2) is 16.6 Å². The molecule has 1 unspecified atom stereocenters. The van der Waals surface area contributed by atoms with E-state index in [9.17, 15) is 0 Å². The first-order valence-corrected chi connectivity index (χ1v) is 5.33. The quantitative estimate of drug-likeness (QED) is 0.660. The lowest BCUT2D eigenvalue weighted by Crippen LogP contribution is -1.97. The zero-order valence-corrected chi connectivity index (χ0v) is 6.40. The molecule has 1 heterocycles. The van der Waals surface area contributed by atoms with E-state index in [4.69, 9.17) is 15.8 Å². The molecule has 52 valence electrons. The van der Waals surface area contributed by atoms with E-state index in [-0.39, 0.29) is 6.61 Å². The molecule has 1 aliphatic heterocycles. The fraction of sp³-hybridized carbons (Fsp3) is 0.400. The van der Waals surface area contributed by atoms with Crippen molar-refractivity contribution in [2.24, 2.45) is 4.99 Å². The standard InChI is InChI=1S/C5H8ClNOS/c6-9(4-2-8)3-1-7-5-9/h1,3,5,8H,2,4H2. The molecule has 0 aromatic rings. The zero-order chi connectivity index (χ0) is 6.74. The Morgan fingerprint density at radius 2 is 2.44 bits per heavy atom. The molecule has 0 spiro atoms. The van der Waals surface area contributed by atoms with Gasteiger partial charge in [-0.1, -0.05) is 10.7 Å². The van der Waals surface area contributed by atoms with Crippen LogP contribution in [0.2, 0.25) is 0 Å². The molecule has 0 saturated heterocycles. The topological polar surface area (TPSA) is 32.6 Å². The van der Waals surface area contributed by atoms with Crippen molar-refractivity contribution < 1.29 is 5.11 Å². The average Bonchev–Trinajstić information content (AvgIpc) is 2.16. The van der Waals surface area contributed by atoms with E-state index < -0.39 is 9.24 Å². The van der Waals surface area contributed by atoms with E-state index in [0.29, 0.717) is 5.75 Å². The van der Waals surface area contributed by atoms with Crippen LogP contribution >= 0.6 is 19.9 Å². The molecule has 9 heavy (non-hydrogen) atoms. The van der Waals surface area contributed by atoms with Gasteiger partial charge in [0.05, 0.1) is 12.2 Å². The first-order chi connectivity index (χ1) is 4.27. The minimum Gasteiger partial charge on any atom is -0.396 e.